The summed E-state index contributed by atoms with van der Waals surface area (Å²) in [5.74, 6) is 1.40. The minimum Gasteiger partial charge on any atom is -0.493 e. The highest BCUT2D eigenvalue weighted by Gasteiger charge is 1.98. The van der Waals surface area contributed by atoms with E-state index >= 15 is 0 Å². The van der Waals surface area contributed by atoms with E-state index in [1.165, 1.54) is 0 Å². The largest absolute Gasteiger partial charge is 0.493 e. The summed E-state index contributed by atoms with van der Waals surface area (Å²) in [5.41, 5.74) is 0. The van der Waals surface area contributed by atoms with Gasteiger partial charge < -0.3 is 4.74 Å². The maximum absolute atomic E-state index is 5.76. The van der Waals surface area contributed by atoms with E-state index in [1.54, 1.807) is 18.2 Å². The molecule has 0 saturated heterocycles. The standard InChI is InChI=1S/C8H8Cl2OS/c9-7-2-1-6(5-8(7)10)11-3-4-12/h1-2,5,12H,3-4H2. The normalized spacial score (nSPS) is 9.92. The van der Waals surface area contributed by atoms with Gasteiger partial charge in [0.05, 0.1) is 16.7 Å². The molecule has 0 aliphatic rings. The van der Waals surface area contributed by atoms with E-state index in [4.69, 9.17) is 27.9 Å². The molecule has 1 nitrogen and oxygen atoms in total. The summed E-state index contributed by atoms with van der Waals surface area (Å²) in [7, 11) is 0. The Morgan fingerprint density at radius 2 is 2.00 bits per heavy atom. The molecule has 0 amide bonds. The number of benzene rings is 1. The highest BCUT2D eigenvalue weighted by atomic mass is 35.5. The van der Waals surface area contributed by atoms with Crippen LogP contribution in [0.2, 0.25) is 10.0 Å². The third-order valence-corrected chi connectivity index (χ3v) is 2.17. The van der Waals surface area contributed by atoms with Gasteiger partial charge in [0, 0.05) is 11.8 Å². The van der Waals surface area contributed by atoms with Gasteiger partial charge in [0.15, 0.2) is 0 Å². The third-order valence-electron chi connectivity index (χ3n) is 1.25. The van der Waals surface area contributed by atoms with Crippen LogP contribution in [0, 0.1) is 0 Å². The van der Waals surface area contributed by atoms with Crippen LogP contribution < -0.4 is 4.74 Å². The van der Waals surface area contributed by atoms with Gasteiger partial charge in [-0.15, -0.1) is 0 Å². The van der Waals surface area contributed by atoms with Crippen molar-refractivity contribution in [1.82, 2.24) is 0 Å². The minimum atomic E-state index is 0.508. The second-order valence-electron chi connectivity index (χ2n) is 2.15. The van der Waals surface area contributed by atoms with Crippen molar-refractivity contribution in [2.24, 2.45) is 0 Å². The molecule has 0 N–H and O–H groups in total. The van der Waals surface area contributed by atoms with Gasteiger partial charge in [-0.2, -0.15) is 12.6 Å². The van der Waals surface area contributed by atoms with Crippen molar-refractivity contribution >= 4 is 35.8 Å². The molecular weight excluding hydrogens is 215 g/mol. The molecule has 0 bridgehead atoms. The Morgan fingerprint density at radius 3 is 2.58 bits per heavy atom. The number of hydrogen-bond acceptors (Lipinski definition) is 2. The second kappa shape index (κ2) is 4.85. The van der Waals surface area contributed by atoms with Gasteiger partial charge in [0.2, 0.25) is 0 Å². The maximum atomic E-state index is 5.76. The fourth-order valence-electron chi connectivity index (χ4n) is 0.730. The molecule has 4 heteroatoms. The van der Waals surface area contributed by atoms with E-state index < -0.39 is 0 Å². The molecule has 1 rings (SSSR count). The predicted octanol–water partition coefficient (Wildman–Crippen LogP) is 3.30. The van der Waals surface area contributed by atoms with Gasteiger partial charge >= 0.3 is 0 Å². The summed E-state index contributed by atoms with van der Waals surface area (Å²) in [5, 5.41) is 1.04. The van der Waals surface area contributed by atoms with Crippen molar-refractivity contribution in [2.75, 3.05) is 12.4 Å². The predicted molar refractivity (Wildman–Crippen MR) is 55.8 cm³/mol. The number of thiol groups is 1. The maximum Gasteiger partial charge on any atom is 0.120 e. The molecule has 0 aliphatic carbocycles. The van der Waals surface area contributed by atoms with Gasteiger partial charge in [0.25, 0.3) is 0 Å². The van der Waals surface area contributed by atoms with Gasteiger partial charge in [-0.3, -0.25) is 0 Å². The Labute approximate surface area is 87.0 Å². The molecule has 1 aromatic rings. The quantitative estimate of drug-likeness (QED) is 0.773. The van der Waals surface area contributed by atoms with Crippen molar-refractivity contribution in [3.8, 4) is 5.75 Å². The molecular formula is C8H8Cl2OS. The SMILES string of the molecule is SCCOc1ccc(Cl)c(Cl)c1. The molecule has 0 saturated carbocycles. The van der Waals surface area contributed by atoms with E-state index in [1.807, 2.05) is 0 Å². The van der Waals surface area contributed by atoms with Crippen LogP contribution in [0.1, 0.15) is 0 Å². The van der Waals surface area contributed by atoms with Crippen LogP contribution in [0.4, 0.5) is 0 Å². The fraction of sp³-hybridized carbons (Fsp3) is 0.250. The van der Waals surface area contributed by atoms with Crippen molar-refractivity contribution in [3.05, 3.63) is 28.2 Å². The molecule has 0 unspecified atom stereocenters. The number of hydrogen-bond donors (Lipinski definition) is 1. The zero-order chi connectivity index (χ0) is 8.97. The average Bonchev–Trinajstić information content (AvgIpc) is 2.07. The van der Waals surface area contributed by atoms with Crippen molar-refractivity contribution in [3.63, 3.8) is 0 Å². The van der Waals surface area contributed by atoms with E-state index in [0.717, 1.165) is 5.75 Å². The molecule has 0 radical (unpaired) electrons. The molecule has 0 fully saturated rings. The van der Waals surface area contributed by atoms with Crippen LogP contribution >= 0.6 is 35.8 Å². The Kier molecular flexibility index (Phi) is 4.06. The first kappa shape index (κ1) is 10.0. The van der Waals surface area contributed by atoms with Crippen molar-refractivity contribution in [1.29, 1.82) is 0 Å². The van der Waals surface area contributed by atoms with Crippen molar-refractivity contribution in [2.45, 2.75) is 0 Å². The second-order valence-corrected chi connectivity index (χ2v) is 3.41. The lowest BCUT2D eigenvalue weighted by molar-refractivity contribution is 0.344. The summed E-state index contributed by atoms with van der Waals surface area (Å²) in [6.07, 6.45) is 0. The Bertz CT molecular complexity index is 265. The van der Waals surface area contributed by atoms with Crippen molar-refractivity contribution < 1.29 is 4.74 Å². The Morgan fingerprint density at radius 1 is 1.25 bits per heavy atom. The monoisotopic (exact) mass is 222 g/mol. The number of rotatable bonds is 3. The van der Waals surface area contributed by atoms with Crippen LogP contribution in [-0.4, -0.2) is 12.4 Å². The minimum absolute atomic E-state index is 0.508. The summed E-state index contributed by atoms with van der Waals surface area (Å²) < 4.78 is 5.27. The molecule has 0 heterocycles. The molecule has 0 aliphatic heterocycles. The van der Waals surface area contributed by atoms with Crippen LogP contribution in [0.3, 0.4) is 0 Å². The first-order valence-electron chi connectivity index (χ1n) is 3.43. The molecule has 66 valence electrons. The number of halogens is 2. The van der Waals surface area contributed by atoms with E-state index in [9.17, 15) is 0 Å². The van der Waals surface area contributed by atoms with Gasteiger partial charge in [0.1, 0.15) is 5.75 Å². The summed E-state index contributed by atoms with van der Waals surface area (Å²) in [6.45, 7) is 0.571. The molecule has 12 heavy (non-hydrogen) atoms. The van der Waals surface area contributed by atoms with Crippen LogP contribution in [-0.2, 0) is 0 Å². The molecule has 0 aromatic heterocycles. The number of ether oxygens (including phenoxy) is 1. The topological polar surface area (TPSA) is 9.23 Å². The zero-order valence-electron chi connectivity index (χ0n) is 6.26. The van der Waals surface area contributed by atoms with E-state index in [2.05, 4.69) is 12.6 Å². The van der Waals surface area contributed by atoms with E-state index in [-0.39, 0.29) is 0 Å². The summed E-state index contributed by atoms with van der Waals surface area (Å²) >= 11 is 15.5. The van der Waals surface area contributed by atoms with Crippen LogP contribution in [0.15, 0.2) is 18.2 Å². The average molecular weight is 223 g/mol. The summed E-state index contributed by atoms with van der Waals surface area (Å²) in [6, 6.07) is 5.17. The highest BCUT2D eigenvalue weighted by Crippen LogP contribution is 2.26. The van der Waals surface area contributed by atoms with Crippen LogP contribution in [0.5, 0.6) is 5.75 Å². The molecule has 0 spiro atoms. The van der Waals surface area contributed by atoms with Crippen LogP contribution in [0.25, 0.3) is 0 Å². The van der Waals surface area contributed by atoms with Gasteiger partial charge in [-0.05, 0) is 12.1 Å². The molecule has 1 aromatic carbocycles. The lowest BCUT2D eigenvalue weighted by Crippen LogP contribution is -1.97. The summed E-state index contributed by atoms with van der Waals surface area (Å²) in [4.78, 5) is 0. The third kappa shape index (κ3) is 2.77. The lowest BCUT2D eigenvalue weighted by Gasteiger charge is -2.04. The Balaban J connectivity index is 2.69. The first-order valence-corrected chi connectivity index (χ1v) is 4.81. The zero-order valence-corrected chi connectivity index (χ0v) is 8.66. The van der Waals surface area contributed by atoms with Gasteiger partial charge in [-0.25, -0.2) is 0 Å². The smallest absolute Gasteiger partial charge is 0.120 e. The van der Waals surface area contributed by atoms with E-state index in [0.29, 0.717) is 22.4 Å². The Hall–Kier alpha value is -0.0500. The fourth-order valence-corrected chi connectivity index (χ4v) is 1.11. The highest BCUT2D eigenvalue weighted by molar-refractivity contribution is 7.80. The molecule has 0 atom stereocenters. The first-order chi connectivity index (χ1) is 5.74. The van der Waals surface area contributed by atoms with Gasteiger partial charge in [-0.1, -0.05) is 23.2 Å². The lowest BCUT2D eigenvalue weighted by atomic mass is 10.3.